The van der Waals surface area contributed by atoms with Crippen LogP contribution in [0.2, 0.25) is 0 Å². The first-order chi connectivity index (χ1) is 16.7. The van der Waals surface area contributed by atoms with Crippen LogP contribution in [-0.4, -0.2) is 34.1 Å². The molecule has 2 N–H and O–H groups in total. The zero-order valence-electron chi connectivity index (χ0n) is 18.8. The standard InChI is InChI=1S/C27H20O8/c1-14(28)34-24-20(18-9-5-3-7-16(18)11-22(24)26(30)31)13-21-19-10-6-4-8-17(19)12-23(27(32)33)25(21)35-15(2)29/h3-12H,13H2,1-2H3,(H,30,31)(H,32,33). The van der Waals surface area contributed by atoms with E-state index in [-0.39, 0.29) is 29.0 Å². The number of rotatable bonds is 6. The third kappa shape index (κ3) is 4.54. The topological polar surface area (TPSA) is 127 Å². The molecule has 0 radical (unpaired) electrons. The maximum absolute atomic E-state index is 12.1. The number of hydrogen-bond donors (Lipinski definition) is 2. The molecule has 0 fully saturated rings. The van der Waals surface area contributed by atoms with Crippen LogP contribution in [0, 0.1) is 0 Å². The van der Waals surface area contributed by atoms with E-state index in [2.05, 4.69) is 0 Å². The molecule has 0 unspecified atom stereocenters. The fourth-order valence-corrected chi connectivity index (χ4v) is 4.17. The predicted molar refractivity (Wildman–Crippen MR) is 127 cm³/mol. The summed E-state index contributed by atoms with van der Waals surface area (Å²) in [6.07, 6.45) is -0.0749. The van der Waals surface area contributed by atoms with E-state index in [1.54, 1.807) is 48.5 Å². The number of carboxylic acids is 2. The highest BCUT2D eigenvalue weighted by Crippen LogP contribution is 2.40. The summed E-state index contributed by atoms with van der Waals surface area (Å²) in [4.78, 5) is 48.0. The van der Waals surface area contributed by atoms with Gasteiger partial charge in [-0.2, -0.15) is 0 Å². The van der Waals surface area contributed by atoms with Crippen LogP contribution in [0.3, 0.4) is 0 Å². The molecule has 0 heterocycles. The van der Waals surface area contributed by atoms with Crippen LogP contribution in [0.15, 0.2) is 60.7 Å². The molecule has 8 heteroatoms. The predicted octanol–water partition coefficient (Wildman–Crippen LogP) is 4.83. The molecule has 0 saturated heterocycles. The van der Waals surface area contributed by atoms with E-state index in [0.717, 1.165) is 13.8 Å². The summed E-state index contributed by atoms with van der Waals surface area (Å²) in [5, 5.41) is 22.1. The van der Waals surface area contributed by atoms with Crippen molar-refractivity contribution in [2.45, 2.75) is 20.3 Å². The Labute approximate surface area is 199 Å². The molecule has 0 aliphatic rings. The molecule has 4 aromatic rings. The fraction of sp³-hybridized carbons (Fsp3) is 0.111. The third-order valence-electron chi connectivity index (χ3n) is 5.51. The van der Waals surface area contributed by atoms with Crippen LogP contribution in [0.5, 0.6) is 11.5 Å². The fourth-order valence-electron chi connectivity index (χ4n) is 4.17. The molecule has 4 rings (SSSR count). The van der Waals surface area contributed by atoms with E-state index in [4.69, 9.17) is 9.47 Å². The first-order valence-electron chi connectivity index (χ1n) is 10.6. The summed E-state index contributed by atoms with van der Waals surface area (Å²) in [5.74, 6) is -4.32. The van der Waals surface area contributed by atoms with Gasteiger partial charge in [0.2, 0.25) is 0 Å². The maximum Gasteiger partial charge on any atom is 0.339 e. The minimum absolute atomic E-state index is 0.0749. The summed E-state index contributed by atoms with van der Waals surface area (Å²) >= 11 is 0. The quantitative estimate of drug-likeness (QED) is 0.302. The second kappa shape index (κ2) is 9.26. The Balaban J connectivity index is 2.12. The lowest BCUT2D eigenvalue weighted by molar-refractivity contribution is -0.132. The Morgan fingerprint density at radius 3 is 1.37 bits per heavy atom. The molecular weight excluding hydrogens is 452 g/mol. The summed E-state index contributed by atoms with van der Waals surface area (Å²) < 4.78 is 10.8. The maximum atomic E-state index is 12.1. The van der Waals surface area contributed by atoms with E-state index in [0.29, 0.717) is 32.7 Å². The monoisotopic (exact) mass is 472 g/mol. The van der Waals surface area contributed by atoms with Gasteiger partial charge in [0.05, 0.1) is 0 Å². The van der Waals surface area contributed by atoms with Gasteiger partial charge in [-0.3, -0.25) is 9.59 Å². The number of carbonyl (C=O) groups excluding carboxylic acids is 2. The molecular formula is C27H20O8. The van der Waals surface area contributed by atoms with Gasteiger partial charge in [0.25, 0.3) is 0 Å². The first-order valence-corrected chi connectivity index (χ1v) is 10.6. The SMILES string of the molecule is CC(=O)Oc1c(C(=O)O)cc2ccccc2c1Cc1c(OC(C)=O)c(C(=O)O)cc2ccccc12. The van der Waals surface area contributed by atoms with Crippen molar-refractivity contribution in [3.8, 4) is 11.5 Å². The number of fused-ring (bicyclic) bond motifs is 2. The summed E-state index contributed by atoms with van der Waals surface area (Å²) in [7, 11) is 0. The molecule has 8 nitrogen and oxygen atoms in total. The van der Waals surface area contributed by atoms with Crippen molar-refractivity contribution in [3.05, 3.63) is 82.9 Å². The number of aromatic carboxylic acids is 2. The summed E-state index contributed by atoms with van der Waals surface area (Å²) in [6.45, 7) is 2.32. The molecule has 176 valence electrons. The highest BCUT2D eigenvalue weighted by atomic mass is 16.5. The molecule has 0 aromatic heterocycles. The molecule has 0 aliphatic heterocycles. The molecule has 35 heavy (non-hydrogen) atoms. The molecule has 4 aromatic carbocycles. The van der Waals surface area contributed by atoms with Crippen molar-refractivity contribution in [1.29, 1.82) is 0 Å². The van der Waals surface area contributed by atoms with Crippen molar-refractivity contribution in [2.75, 3.05) is 0 Å². The van der Waals surface area contributed by atoms with Crippen molar-refractivity contribution < 1.29 is 38.9 Å². The number of hydrogen-bond acceptors (Lipinski definition) is 6. The van der Waals surface area contributed by atoms with Crippen LogP contribution < -0.4 is 9.47 Å². The van der Waals surface area contributed by atoms with E-state index in [1.165, 1.54) is 12.1 Å². The first kappa shape index (κ1) is 23.4. The van der Waals surface area contributed by atoms with Gasteiger partial charge >= 0.3 is 23.9 Å². The highest BCUT2D eigenvalue weighted by molar-refractivity contribution is 6.03. The lowest BCUT2D eigenvalue weighted by Gasteiger charge is -2.19. The zero-order chi connectivity index (χ0) is 25.3. The Hall–Kier alpha value is -4.72. The summed E-state index contributed by atoms with van der Waals surface area (Å²) in [6, 6.07) is 16.8. The lowest BCUT2D eigenvalue weighted by atomic mass is 9.90. The van der Waals surface area contributed by atoms with Crippen LogP contribution in [0.25, 0.3) is 21.5 Å². The molecule has 0 saturated carbocycles. The number of ether oxygens (including phenoxy) is 2. The smallest absolute Gasteiger partial charge is 0.339 e. The van der Waals surface area contributed by atoms with E-state index in [1.807, 2.05) is 0 Å². The van der Waals surface area contributed by atoms with Crippen molar-refractivity contribution in [2.24, 2.45) is 0 Å². The van der Waals surface area contributed by atoms with Crippen LogP contribution >= 0.6 is 0 Å². The average Bonchev–Trinajstić information content (AvgIpc) is 2.80. The van der Waals surface area contributed by atoms with E-state index < -0.39 is 23.9 Å². The van der Waals surface area contributed by atoms with Crippen LogP contribution in [-0.2, 0) is 16.0 Å². The molecule has 0 atom stereocenters. The Morgan fingerprint density at radius 2 is 1.03 bits per heavy atom. The second-order valence-corrected chi connectivity index (χ2v) is 7.88. The molecule has 0 spiro atoms. The normalized spacial score (nSPS) is 10.8. The molecule has 0 aliphatic carbocycles. The Kier molecular flexibility index (Phi) is 6.20. The van der Waals surface area contributed by atoms with E-state index in [9.17, 15) is 29.4 Å². The van der Waals surface area contributed by atoms with Gasteiger partial charge in [0, 0.05) is 31.4 Å². The number of carbonyl (C=O) groups is 4. The zero-order valence-corrected chi connectivity index (χ0v) is 18.8. The van der Waals surface area contributed by atoms with Gasteiger partial charge in [-0.05, 0) is 33.7 Å². The number of esters is 2. The van der Waals surface area contributed by atoms with Gasteiger partial charge in [-0.15, -0.1) is 0 Å². The van der Waals surface area contributed by atoms with Gasteiger partial charge in [-0.1, -0.05) is 48.5 Å². The Morgan fingerprint density at radius 1 is 0.657 bits per heavy atom. The third-order valence-corrected chi connectivity index (χ3v) is 5.51. The van der Waals surface area contributed by atoms with Gasteiger partial charge in [-0.25, -0.2) is 9.59 Å². The number of benzene rings is 4. The minimum atomic E-state index is -1.29. The number of carboxylic acid groups (broad SMARTS) is 2. The van der Waals surface area contributed by atoms with Gasteiger partial charge in [0.1, 0.15) is 22.6 Å². The van der Waals surface area contributed by atoms with Gasteiger partial charge in [0.15, 0.2) is 0 Å². The van der Waals surface area contributed by atoms with Gasteiger partial charge < -0.3 is 19.7 Å². The molecule has 0 amide bonds. The second-order valence-electron chi connectivity index (χ2n) is 7.88. The lowest BCUT2D eigenvalue weighted by Crippen LogP contribution is -2.13. The van der Waals surface area contributed by atoms with Crippen molar-refractivity contribution in [3.63, 3.8) is 0 Å². The van der Waals surface area contributed by atoms with Crippen LogP contribution in [0.1, 0.15) is 45.7 Å². The average molecular weight is 472 g/mol. The van der Waals surface area contributed by atoms with Crippen molar-refractivity contribution in [1.82, 2.24) is 0 Å². The highest BCUT2D eigenvalue weighted by Gasteiger charge is 2.26. The molecule has 0 bridgehead atoms. The van der Waals surface area contributed by atoms with Crippen LogP contribution in [0.4, 0.5) is 0 Å². The summed E-state index contributed by atoms with van der Waals surface area (Å²) in [5.41, 5.74) is 0.247. The van der Waals surface area contributed by atoms with E-state index >= 15 is 0 Å². The Bertz CT molecular complexity index is 1420. The largest absolute Gasteiger partial charge is 0.478 e. The minimum Gasteiger partial charge on any atom is -0.478 e. The van der Waals surface area contributed by atoms with Crippen molar-refractivity contribution >= 4 is 45.4 Å².